The summed E-state index contributed by atoms with van der Waals surface area (Å²) in [6.07, 6.45) is 4.53. The van der Waals surface area contributed by atoms with Crippen molar-refractivity contribution in [2.24, 2.45) is 0 Å². The molecule has 0 atom stereocenters. The normalized spacial score (nSPS) is 10.9. The van der Waals surface area contributed by atoms with Gasteiger partial charge in [-0.05, 0) is 55.4 Å². The molecule has 4 nitrogen and oxygen atoms in total. The van der Waals surface area contributed by atoms with Crippen LogP contribution in [0.25, 0.3) is 11.3 Å². The number of hydrogen-bond acceptors (Lipinski definition) is 5. The molecule has 0 spiro atoms. The number of aromatic nitrogens is 2. The van der Waals surface area contributed by atoms with Crippen LogP contribution < -0.4 is 5.32 Å². The summed E-state index contributed by atoms with van der Waals surface area (Å²) in [6, 6.07) is 12.0. The molecule has 0 unspecified atom stereocenters. The van der Waals surface area contributed by atoms with Gasteiger partial charge in [0.25, 0.3) is 0 Å². The molecular weight excluding hydrogens is 325 g/mol. The third-order valence-electron chi connectivity index (χ3n) is 3.36. The summed E-state index contributed by atoms with van der Waals surface area (Å²) >= 11 is 1.65. The van der Waals surface area contributed by atoms with Crippen LogP contribution in [-0.2, 0) is 6.54 Å². The van der Waals surface area contributed by atoms with Crippen molar-refractivity contribution >= 4 is 11.8 Å². The molecule has 0 saturated heterocycles. The first-order valence-electron chi connectivity index (χ1n) is 7.76. The maximum Gasteiger partial charge on any atom is 0.187 e. The van der Waals surface area contributed by atoms with Gasteiger partial charge < -0.3 is 9.73 Å². The van der Waals surface area contributed by atoms with Gasteiger partial charge in [0.05, 0.1) is 6.54 Å². The Hall–Kier alpha value is -2.18. The minimum atomic E-state index is -0.244. The highest BCUT2D eigenvalue weighted by atomic mass is 32.2. The van der Waals surface area contributed by atoms with E-state index in [-0.39, 0.29) is 5.82 Å². The number of nitrogens with one attached hydrogen (secondary N) is 1. The first-order chi connectivity index (χ1) is 11.8. The highest BCUT2D eigenvalue weighted by Crippen LogP contribution is 2.22. The van der Waals surface area contributed by atoms with E-state index < -0.39 is 0 Å². The summed E-state index contributed by atoms with van der Waals surface area (Å²) in [5.41, 5.74) is 0.877. The molecule has 24 heavy (non-hydrogen) atoms. The lowest BCUT2D eigenvalue weighted by atomic mass is 10.2. The van der Waals surface area contributed by atoms with Gasteiger partial charge in [0.2, 0.25) is 0 Å². The molecule has 1 N–H and O–H groups in total. The van der Waals surface area contributed by atoms with Gasteiger partial charge in [0, 0.05) is 23.7 Å². The van der Waals surface area contributed by atoms with Crippen molar-refractivity contribution in [3.05, 3.63) is 66.4 Å². The smallest absolute Gasteiger partial charge is 0.187 e. The van der Waals surface area contributed by atoms with Crippen molar-refractivity contribution in [3.63, 3.8) is 0 Å². The van der Waals surface area contributed by atoms with Crippen molar-refractivity contribution in [1.29, 1.82) is 0 Å². The number of hydrogen-bond donors (Lipinski definition) is 1. The average Bonchev–Trinajstić information content (AvgIpc) is 3.08. The molecule has 0 aliphatic heterocycles. The zero-order valence-electron chi connectivity index (χ0n) is 13.1. The van der Waals surface area contributed by atoms with Gasteiger partial charge in [-0.15, -0.1) is 0 Å². The molecule has 6 heteroatoms. The van der Waals surface area contributed by atoms with E-state index >= 15 is 0 Å². The number of thioether (sulfide) groups is 1. The number of halogens is 1. The van der Waals surface area contributed by atoms with Crippen molar-refractivity contribution in [2.45, 2.75) is 18.1 Å². The summed E-state index contributed by atoms with van der Waals surface area (Å²) in [5, 5.41) is 4.17. The second-order valence-corrected chi connectivity index (χ2v) is 6.25. The fraction of sp³-hybridized carbons (Fsp3) is 0.222. The molecule has 0 amide bonds. The van der Waals surface area contributed by atoms with E-state index in [1.807, 2.05) is 18.2 Å². The van der Waals surface area contributed by atoms with Crippen LogP contribution in [0.2, 0.25) is 0 Å². The SMILES string of the molecule is Fc1ccc(-c2ccc(CNCCCSc3ncccn3)o2)cc1. The molecule has 124 valence electrons. The third-order valence-corrected chi connectivity index (χ3v) is 4.32. The van der Waals surface area contributed by atoms with E-state index in [4.69, 9.17) is 4.42 Å². The van der Waals surface area contributed by atoms with Crippen LogP contribution in [0.4, 0.5) is 4.39 Å². The predicted molar refractivity (Wildman–Crippen MR) is 93.2 cm³/mol. The molecule has 0 saturated carbocycles. The fourth-order valence-corrected chi connectivity index (χ4v) is 2.92. The Kier molecular flexibility index (Phi) is 5.98. The molecule has 0 aliphatic carbocycles. The van der Waals surface area contributed by atoms with E-state index in [9.17, 15) is 4.39 Å². The molecule has 0 fully saturated rings. The number of furan rings is 1. The lowest BCUT2D eigenvalue weighted by molar-refractivity contribution is 0.494. The Balaban J connectivity index is 1.37. The number of rotatable bonds is 8. The summed E-state index contributed by atoms with van der Waals surface area (Å²) in [5.74, 6) is 2.35. The maximum absolute atomic E-state index is 12.9. The topological polar surface area (TPSA) is 51.0 Å². The molecule has 2 aromatic heterocycles. The van der Waals surface area contributed by atoms with Gasteiger partial charge in [-0.25, -0.2) is 14.4 Å². The van der Waals surface area contributed by atoms with Crippen LogP contribution >= 0.6 is 11.8 Å². The van der Waals surface area contributed by atoms with Crippen molar-refractivity contribution in [1.82, 2.24) is 15.3 Å². The minimum Gasteiger partial charge on any atom is -0.460 e. The summed E-state index contributed by atoms with van der Waals surface area (Å²) in [7, 11) is 0. The molecule has 0 radical (unpaired) electrons. The van der Waals surface area contributed by atoms with Gasteiger partial charge in [0.1, 0.15) is 17.3 Å². The van der Waals surface area contributed by atoms with E-state index in [1.165, 1.54) is 12.1 Å². The van der Waals surface area contributed by atoms with Crippen LogP contribution in [0.15, 0.2) is 64.4 Å². The number of nitrogens with zero attached hydrogens (tertiary/aromatic N) is 2. The molecule has 3 rings (SSSR count). The fourth-order valence-electron chi connectivity index (χ4n) is 2.17. The van der Waals surface area contributed by atoms with Crippen LogP contribution in [-0.4, -0.2) is 22.3 Å². The van der Waals surface area contributed by atoms with E-state index in [1.54, 1.807) is 36.3 Å². The Bertz CT molecular complexity index is 746. The second-order valence-electron chi connectivity index (χ2n) is 5.18. The Morgan fingerprint density at radius 3 is 2.62 bits per heavy atom. The van der Waals surface area contributed by atoms with Crippen molar-refractivity contribution < 1.29 is 8.81 Å². The van der Waals surface area contributed by atoms with Gasteiger partial charge >= 0.3 is 0 Å². The standard InChI is InChI=1S/C18H18FN3OS/c19-15-5-3-14(4-6-15)17-8-7-16(23-17)13-20-9-2-12-24-18-21-10-1-11-22-18/h1,3-8,10-11,20H,2,9,12-13H2. The van der Waals surface area contributed by atoms with Crippen LogP contribution in [0.1, 0.15) is 12.2 Å². The molecule has 0 aliphatic rings. The highest BCUT2D eigenvalue weighted by Gasteiger charge is 2.05. The summed E-state index contributed by atoms with van der Waals surface area (Å²) < 4.78 is 18.7. The zero-order valence-corrected chi connectivity index (χ0v) is 13.9. The first kappa shape index (κ1) is 16.7. The Morgan fingerprint density at radius 1 is 1.04 bits per heavy atom. The average molecular weight is 343 g/mol. The first-order valence-corrected chi connectivity index (χ1v) is 8.75. The Morgan fingerprint density at radius 2 is 1.83 bits per heavy atom. The second kappa shape index (κ2) is 8.61. The minimum absolute atomic E-state index is 0.244. The lowest BCUT2D eigenvalue weighted by Gasteiger charge is -2.03. The molecule has 2 heterocycles. The lowest BCUT2D eigenvalue weighted by Crippen LogP contribution is -2.14. The third kappa shape index (κ3) is 4.91. The maximum atomic E-state index is 12.9. The predicted octanol–water partition coefficient (Wildman–Crippen LogP) is 4.15. The van der Waals surface area contributed by atoms with Gasteiger partial charge in [-0.1, -0.05) is 11.8 Å². The molecule has 0 bridgehead atoms. The van der Waals surface area contributed by atoms with E-state index in [0.717, 1.165) is 41.0 Å². The monoisotopic (exact) mass is 343 g/mol. The van der Waals surface area contributed by atoms with Gasteiger partial charge in [-0.3, -0.25) is 0 Å². The quantitative estimate of drug-likeness (QED) is 0.378. The molecule has 3 aromatic rings. The summed E-state index contributed by atoms with van der Waals surface area (Å²) in [4.78, 5) is 8.35. The van der Waals surface area contributed by atoms with Gasteiger partial charge in [-0.2, -0.15) is 0 Å². The molecular formula is C18H18FN3OS. The van der Waals surface area contributed by atoms with Crippen LogP contribution in [0, 0.1) is 5.82 Å². The van der Waals surface area contributed by atoms with E-state index in [2.05, 4.69) is 15.3 Å². The zero-order chi connectivity index (χ0) is 16.6. The summed E-state index contributed by atoms with van der Waals surface area (Å²) in [6.45, 7) is 1.57. The van der Waals surface area contributed by atoms with Crippen LogP contribution in [0.3, 0.4) is 0 Å². The molecule has 1 aromatic carbocycles. The van der Waals surface area contributed by atoms with E-state index in [0.29, 0.717) is 6.54 Å². The highest BCUT2D eigenvalue weighted by molar-refractivity contribution is 7.99. The van der Waals surface area contributed by atoms with Crippen LogP contribution in [0.5, 0.6) is 0 Å². The number of benzene rings is 1. The van der Waals surface area contributed by atoms with Crippen molar-refractivity contribution in [2.75, 3.05) is 12.3 Å². The Labute approximate surface area is 144 Å². The van der Waals surface area contributed by atoms with Gasteiger partial charge in [0.15, 0.2) is 5.16 Å². The largest absolute Gasteiger partial charge is 0.460 e. The van der Waals surface area contributed by atoms with Crippen molar-refractivity contribution in [3.8, 4) is 11.3 Å².